The summed E-state index contributed by atoms with van der Waals surface area (Å²) in [7, 11) is -0.674. The van der Waals surface area contributed by atoms with E-state index >= 15 is 0 Å². The van der Waals surface area contributed by atoms with Crippen LogP contribution in [0.5, 0.6) is 11.5 Å². The monoisotopic (exact) mass is 380 g/mol. The van der Waals surface area contributed by atoms with E-state index in [2.05, 4.69) is 0 Å². The summed E-state index contributed by atoms with van der Waals surface area (Å²) in [6.07, 6.45) is 0. The van der Waals surface area contributed by atoms with Gasteiger partial charge in [-0.15, -0.1) is 0 Å². The molecule has 0 aliphatic carbocycles. The normalized spacial score (nSPS) is 22.7. The van der Waals surface area contributed by atoms with E-state index in [0.29, 0.717) is 0 Å². The maximum Gasteiger partial charge on any atom is 0.504 e. The molecule has 0 saturated carbocycles. The van der Waals surface area contributed by atoms with Crippen LogP contribution in [0.2, 0.25) is 0 Å². The van der Waals surface area contributed by atoms with Gasteiger partial charge in [0.2, 0.25) is 5.79 Å². The standard InChI is InChI=1S/C19H26BFO6/c1-16(2)17(3,4)27-20(26-16)18(5,6)23-12-10-9-11(21)13-14(12)24-19(7,8)25-15(13)22/h9-10H,1-8H3. The molecule has 0 bridgehead atoms. The van der Waals surface area contributed by atoms with E-state index in [0.717, 1.165) is 6.07 Å². The van der Waals surface area contributed by atoms with E-state index < -0.39 is 41.4 Å². The zero-order chi connectivity index (χ0) is 20.4. The highest BCUT2D eigenvalue weighted by Crippen LogP contribution is 2.44. The topological polar surface area (TPSA) is 63.2 Å². The van der Waals surface area contributed by atoms with E-state index in [-0.39, 0.29) is 17.1 Å². The van der Waals surface area contributed by atoms with Crippen molar-refractivity contribution in [2.45, 2.75) is 77.9 Å². The number of fused-ring (bicyclic) bond motifs is 1. The van der Waals surface area contributed by atoms with Gasteiger partial charge in [0.25, 0.3) is 0 Å². The predicted octanol–water partition coefficient (Wildman–Crippen LogP) is 3.90. The Hall–Kier alpha value is -1.80. The zero-order valence-corrected chi connectivity index (χ0v) is 17.1. The number of hydrogen-bond acceptors (Lipinski definition) is 6. The van der Waals surface area contributed by atoms with Crippen LogP contribution in [0.4, 0.5) is 4.39 Å². The van der Waals surface area contributed by atoms with Gasteiger partial charge in [-0.05, 0) is 53.7 Å². The lowest BCUT2D eigenvalue weighted by Gasteiger charge is -2.35. The van der Waals surface area contributed by atoms with Crippen molar-refractivity contribution >= 4 is 13.1 Å². The van der Waals surface area contributed by atoms with E-state index in [1.165, 1.54) is 6.07 Å². The molecule has 2 aliphatic heterocycles. The highest BCUT2D eigenvalue weighted by atomic mass is 19.1. The van der Waals surface area contributed by atoms with E-state index in [1.54, 1.807) is 27.7 Å². The fraction of sp³-hybridized carbons (Fsp3) is 0.632. The minimum absolute atomic E-state index is 0.0147. The summed E-state index contributed by atoms with van der Waals surface area (Å²) in [5.41, 5.74) is -2.27. The van der Waals surface area contributed by atoms with Crippen LogP contribution in [0.1, 0.15) is 65.7 Å². The molecule has 8 heteroatoms. The van der Waals surface area contributed by atoms with E-state index in [1.807, 2.05) is 27.7 Å². The number of ether oxygens (including phenoxy) is 3. The second-order valence-corrected chi connectivity index (χ2v) is 8.93. The summed E-state index contributed by atoms with van der Waals surface area (Å²) in [5, 5.41) is 0. The van der Waals surface area contributed by atoms with Gasteiger partial charge < -0.3 is 23.5 Å². The van der Waals surface area contributed by atoms with Crippen molar-refractivity contribution in [3.8, 4) is 11.5 Å². The molecule has 0 amide bonds. The van der Waals surface area contributed by atoms with Crippen molar-refractivity contribution in [1.29, 1.82) is 0 Å². The summed E-state index contributed by atoms with van der Waals surface area (Å²) >= 11 is 0. The quantitative estimate of drug-likeness (QED) is 0.586. The van der Waals surface area contributed by atoms with E-state index in [9.17, 15) is 9.18 Å². The lowest BCUT2D eigenvalue weighted by atomic mass is 9.69. The first-order chi connectivity index (χ1) is 12.2. The van der Waals surface area contributed by atoms with Gasteiger partial charge in [-0.25, -0.2) is 9.18 Å². The van der Waals surface area contributed by atoms with Crippen LogP contribution in [0.25, 0.3) is 0 Å². The highest BCUT2D eigenvalue weighted by molar-refractivity contribution is 6.49. The summed E-state index contributed by atoms with van der Waals surface area (Å²) in [4.78, 5) is 12.2. The smallest absolute Gasteiger partial charge is 0.486 e. The van der Waals surface area contributed by atoms with Crippen LogP contribution in [-0.2, 0) is 14.0 Å². The largest absolute Gasteiger partial charge is 0.504 e. The zero-order valence-electron chi connectivity index (χ0n) is 17.1. The molecular formula is C19H26BFO6. The molecule has 0 spiro atoms. The number of hydrogen-bond donors (Lipinski definition) is 0. The first-order valence-electron chi connectivity index (χ1n) is 8.95. The highest BCUT2D eigenvalue weighted by Gasteiger charge is 2.58. The maximum absolute atomic E-state index is 14.2. The first kappa shape index (κ1) is 20.0. The Labute approximate surface area is 159 Å². The van der Waals surface area contributed by atoms with Gasteiger partial charge in [0.1, 0.15) is 16.9 Å². The molecule has 3 rings (SSSR count). The Balaban J connectivity index is 1.95. The first-order valence-corrected chi connectivity index (χ1v) is 8.95. The van der Waals surface area contributed by atoms with Gasteiger partial charge in [-0.1, -0.05) is 0 Å². The minimum Gasteiger partial charge on any atom is -0.486 e. The van der Waals surface area contributed by atoms with Gasteiger partial charge in [-0.2, -0.15) is 0 Å². The summed E-state index contributed by atoms with van der Waals surface area (Å²) < 4.78 is 43.3. The van der Waals surface area contributed by atoms with Crippen LogP contribution >= 0.6 is 0 Å². The van der Waals surface area contributed by atoms with Crippen molar-refractivity contribution in [1.82, 2.24) is 0 Å². The van der Waals surface area contributed by atoms with Crippen LogP contribution in [0, 0.1) is 5.82 Å². The molecule has 1 aromatic rings. The Morgan fingerprint density at radius 2 is 1.56 bits per heavy atom. The number of rotatable bonds is 3. The second kappa shape index (κ2) is 5.85. The second-order valence-electron chi connectivity index (χ2n) is 8.93. The molecule has 0 N–H and O–H groups in total. The van der Waals surface area contributed by atoms with Crippen LogP contribution in [-0.4, -0.2) is 35.6 Å². The summed E-state index contributed by atoms with van der Waals surface area (Å²) in [6.45, 7) is 14.5. The number of esters is 1. The molecule has 27 heavy (non-hydrogen) atoms. The van der Waals surface area contributed by atoms with Gasteiger partial charge in [-0.3, -0.25) is 0 Å². The molecule has 0 unspecified atom stereocenters. The van der Waals surface area contributed by atoms with Crippen molar-refractivity contribution < 1.29 is 32.7 Å². The fourth-order valence-electron chi connectivity index (χ4n) is 2.91. The lowest BCUT2D eigenvalue weighted by Crippen LogP contribution is -2.48. The molecule has 1 saturated heterocycles. The maximum atomic E-state index is 14.2. The molecule has 148 valence electrons. The molecule has 0 aromatic heterocycles. The molecule has 0 radical (unpaired) electrons. The number of carbonyl (C=O) groups excluding carboxylic acids is 1. The minimum atomic E-state index is -1.23. The molecule has 1 aromatic carbocycles. The van der Waals surface area contributed by atoms with Crippen molar-refractivity contribution in [2.75, 3.05) is 0 Å². The van der Waals surface area contributed by atoms with Crippen LogP contribution < -0.4 is 9.47 Å². The number of carbonyl (C=O) groups is 1. The Morgan fingerprint density at radius 3 is 2.11 bits per heavy atom. The number of benzene rings is 1. The predicted molar refractivity (Wildman–Crippen MR) is 97.3 cm³/mol. The van der Waals surface area contributed by atoms with E-state index in [4.69, 9.17) is 23.5 Å². The number of cyclic esters (lactones) is 1. The molecule has 1 fully saturated rings. The molecule has 2 aliphatic rings. The van der Waals surface area contributed by atoms with Crippen molar-refractivity contribution in [3.05, 3.63) is 23.5 Å². The summed E-state index contributed by atoms with van der Waals surface area (Å²) in [5.74, 6) is -2.52. The number of halogens is 1. The Kier molecular flexibility index (Phi) is 4.32. The SMILES string of the molecule is CC1(C)OC(=O)c2c(F)ccc(OC(C)(C)B3OC(C)(C)C(C)(C)O3)c2O1. The molecule has 6 nitrogen and oxygen atoms in total. The van der Waals surface area contributed by atoms with Crippen molar-refractivity contribution in [3.63, 3.8) is 0 Å². The van der Waals surface area contributed by atoms with Gasteiger partial charge >= 0.3 is 13.1 Å². The molecule has 2 heterocycles. The van der Waals surface area contributed by atoms with Gasteiger partial charge in [0, 0.05) is 13.8 Å². The lowest BCUT2D eigenvalue weighted by molar-refractivity contribution is -0.129. The third-order valence-corrected chi connectivity index (χ3v) is 5.16. The molecular weight excluding hydrogens is 354 g/mol. The van der Waals surface area contributed by atoms with Crippen LogP contribution in [0.3, 0.4) is 0 Å². The van der Waals surface area contributed by atoms with Gasteiger partial charge in [0.15, 0.2) is 11.5 Å². The van der Waals surface area contributed by atoms with Crippen LogP contribution in [0.15, 0.2) is 12.1 Å². The summed E-state index contributed by atoms with van der Waals surface area (Å²) in [6, 6.07) is 2.58. The Bertz CT molecular complexity index is 771. The third kappa shape index (κ3) is 3.40. The Morgan fingerprint density at radius 1 is 1.00 bits per heavy atom. The molecule has 0 atom stereocenters. The average molecular weight is 380 g/mol. The third-order valence-electron chi connectivity index (χ3n) is 5.16. The average Bonchev–Trinajstić information content (AvgIpc) is 2.69. The van der Waals surface area contributed by atoms with Gasteiger partial charge in [0.05, 0.1) is 11.2 Å². The van der Waals surface area contributed by atoms with Crippen molar-refractivity contribution in [2.24, 2.45) is 0 Å². The fourth-order valence-corrected chi connectivity index (χ4v) is 2.91.